The van der Waals surface area contributed by atoms with Crippen LogP contribution in [-0.4, -0.2) is 45.1 Å². The summed E-state index contributed by atoms with van der Waals surface area (Å²) in [5.41, 5.74) is 2.00. The number of hydrogen-bond donors (Lipinski definition) is 3. The fraction of sp³-hybridized carbons (Fsp3) is 0.227. The predicted octanol–water partition coefficient (Wildman–Crippen LogP) is 4.61. The maximum absolute atomic E-state index is 12.0. The van der Waals surface area contributed by atoms with Crippen LogP contribution in [0.25, 0.3) is 0 Å². The highest BCUT2D eigenvalue weighted by Crippen LogP contribution is 2.34. The van der Waals surface area contributed by atoms with Crippen molar-refractivity contribution in [3.05, 3.63) is 65.8 Å². The Labute approximate surface area is 219 Å². The number of nitrogens with one attached hydrogen (secondary N) is 1. The van der Waals surface area contributed by atoms with E-state index in [1.807, 2.05) is 0 Å². The van der Waals surface area contributed by atoms with Crippen LogP contribution in [0.1, 0.15) is 18.1 Å². The van der Waals surface area contributed by atoms with Gasteiger partial charge in [-0.25, -0.2) is 0 Å². The van der Waals surface area contributed by atoms with Crippen LogP contribution in [0, 0.1) is 13.8 Å². The second-order valence-electron chi connectivity index (χ2n) is 7.69. The number of carbonyl (C=O) groups is 1. The summed E-state index contributed by atoms with van der Waals surface area (Å²) in [6, 6.07) is 7.54. The molecule has 1 amide bonds. The minimum atomic E-state index is -4.74. The van der Waals surface area contributed by atoms with Gasteiger partial charge in [0.05, 0.1) is 0 Å². The largest absolute Gasteiger partial charge is 0.487 e. The Balaban J connectivity index is 2.15. The van der Waals surface area contributed by atoms with Crippen molar-refractivity contribution in [2.45, 2.75) is 20.8 Å². The zero-order valence-electron chi connectivity index (χ0n) is 20.5. The van der Waals surface area contributed by atoms with Gasteiger partial charge >= 0.3 is 20.6 Å². The van der Waals surface area contributed by atoms with Crippen molar-refractivity contribution in [3.8, 4) is 11.5 Å². The van der Waals surface area contributed by atoms with E-state index in [2.05, 4.69) is 31.2 Å². The zero-order chi connectivity index (χ0) is 28.5. The molecule has 38 heavy (non-hydrogen) atoms. The van der Waals surface area contributed by atoms with Crippen molar-refractivity contribution in [1.82, 2.24) is 0 Å². The van der Waals surface area contributed by atoms with Gasteiger partial charge in [0.1, 0.15) is 36.1 Å². The zero-order valence-corrected chi connectivity index (χ0v) is 22.2. The molecular formula is C22H25N5O9S2. The third-order valence-electron chi connectivity index (χ3n) is 4.40. The van der Waals surface area contributed by atoms with Crippen molar-refractivity contribution in [3.63, 3.8) is 0 Å². The summed E-state index contributed by atoms with van der Waals surface area (Å²) < 4.78 is 78.1. The van der Waals surface area contributed by atoms with Crippen LogP contribution in [-0.2, 0) is 25.4 Å². The summed E-state index contributed by atoms with van der Waals surface area (Å²) in [6.07, 6.45) is 3.13. The number of aryl methyl sites for hydroxylation is 2. The summed E-state index contributed by atoms with van der Waals surface area (Å²) in [7, 11) is -9.40. The van der Waals surface area contributed by atoms with Gasteiger partial charge in [-0.2, -0.15) is 16.8 Å². The van der Waals surface area contributed by atoms with Crippen molar-refractivity contribution in [2.24, 2.45) is 19.3 Å². The van der Waals surface area contributed by atoms with E-state index >= 15 is 0 Å². The molecule has 0 aromatic heterocycles. The van der Waals surface area contributed by atoms with Gasteiger partial charge < -0.3 is 14.8 Å². The van der Waals surface area contributed by atoms with Crippen LogP contribution in [0.3, 0.4) is 0 Å². The molecule has 0 aliphatic rings. The third-order valence-corrected chi connectivity index (χ3v) is 4.97. The quantitative estimate of drug-likeness (QED) is 0.141. The molecule has 0 spiro atoms. The van der Waals surface area contributed by atoms with Gasteiger partial charge in [0, 0.05) is 17.3 Å². The molecule has 0 aliphatic carbocycles. The Morgan fingerprint density at radius 1 is 0.921 bits per heavy atom. The summed E-state index contributed by atoms with van der Waals surface area (Å²) in [5.74, 6) is -0.167. The van der Waals surface area contributed by atoms with Crippen LogP contribution in [0.2, 0.25) is 0 Å². The van der Waals surface area contributed by atoms with E-state index in [1.54, 1.807) is 38.1 Å². The van der Waals surface area contributed by atoms with Gasteiger partial charge in [0.2, 0.25) is 0 Å². The minimum Gasteiger partial charge on any atom is -0.487 e. The molecule has 0 unspecified atom stereocenters. The lowest BCUT2D eigenvalue weighted by molar-refractivity contribution is -0.112. The van der Waals surface area contributed by atoms with Gasteiger partial charge in [-0.05, 0) is 71.3 Å². The van der Waals surface area contributed by atoms with Crippen LogP contribution in [0.5, 0.6) is 11.5 Å². The number of rotatable bonds is 12. The average Bonchev–Trinajstić information content (AvgIpc) is 2.80. The highest BCUT2D eigenvalue weighted by molar-refractivity contribution is 7.84. The molecule has 16 heteroatoms. The van der Waals surface area contributed by atoms with Gasteiger partial charge in [0.15, 0.2) is 0 Å². The molecule has 204 valence electrons. The first-order valence-corrected chi connectivity index (χ1v) is 13.4. The van der Waals surface area contributed by atoms with Gasteiger partial charge in [-0.3, -0.25) is 13.9 Å². The first-order valence-electron chi connectivity index (χ1n) is 10.6. The summed E-state index contributed by atoms with van der Waals surface area (Å²) in [4.78, 5) is 12.0. The highest BCUT2D eigenvalue weighted by atomic mass is 32.2. The fourth-order valence-electron chi connectivity index (χ4n) is 2.65. The van der Waals surface area contributed by atoms with E-state index in [-0.39, 0.29) is 41.7 Å². The number of nitrogens with zero attached hydrogens (tertiary/aromatic N) is 4. The number of anilines is 1. The fourth-order valence-corrected chi connectivity index (χ4v) is 3.04. The van der Waals surface area contributed by atoms with E-state index in [1.165, 1.54) is 25.1 Å². The summed E-state index contributed by atoms with van der Waals surface area (Å²) >= 11 is 0. The predicted molar refractivity (Wildman–Crippen MR) is 138 cm³/mol. The van der Waals surface area contributed by atoms with E-state index in [0.717, 1.165) is 5.56 Å². The highest BCUT2D eigenvalue weighted by Gasteiger charge is 2.13. The molecule has 0 aliphatic heterocycles. The molecule has 0 radical (unpaired) electrons. The number of ether oxygens (including phenoxy) is 2. The maximum Gasteiger partial charge on any atom is 0.396 e. The number of carbonyl (C=O) groups excluding carboxylic acids is 1. The molecule has 2 aromatic rings. The summed E-state index contributed by atoms with van der Waals surface area (Å²) in [5, 5.41) is 9.61. The lowest BCUT2D eigenvalue weighted by Gasteiger charge is -2.13. The smallest absolute Gasteiger partial charge is 0.396 e. The molecular weight excluding hydrogens is 542 g/mol. The monoisotopic (exact) mass is 567 g/mol. The molecule has 0 fully saturated rings. The number of amides is 1. The van der Waals surface area contributed by atoms with E-state index < -0.39 is 26.5 Å². The van der Waals surface area contributed by atoms with Gasteiger partial charge in [0.25, 0.3) is 5.91 Å². The Morgan fingerprint density at radius 3 is 1.97 bits per heavy atom. The molecule has 2 aromatic carbocycles. The summed E-state index contributed by atoms with van der Waals surface area (Å²) in [6.45, 7) is 8.49. The normalized spacial score (nSPS) is 12.3. The third kappa shape index (κ3) is 10.6. The van der Waals surface area contributed by atoms with Crippen molar-refractivity contribution >= 4 is 43.6 Å². The van der Waals surface area contributed by atoms with E-state index in [4.69, 9.17) is 18.6 Å². The molecule has 0 saturated carbocycles. The molecule has 3 N–H and O–H groups in total. The van der Waals surface area contributed by atoms with Gasteiger partial charge in [-0.15, -0.1) is 10.2 Å². The average molecular weight is 568 g/mol. The van der Waals surface area contributed by atoms with Crippen LogP contribution < -0.4 is 14.8 Å². The van der Waals surface area contributed by atoms with Crippen molar-refractivity contribution < 1.29 is 40.2 Å². The first-order chi connectivity index (χ1) is 17.6. The molecule has 0 heterocycles. The van der Waals surface area contributed by atoms with Crippen molar-refractivity contribution in [1.29, 1.82) is 0 Å². The molecule has 0 saturated heterocycles. The molecule has 0 bridgehead atoms. The Morgan fingerprint density at radius 2 is 1.45 bits per heavy atom. The SMILES string of the molecule is C=C(C)C(=O)Nc1cc(OCC=CCOc2cc(C)ccc2N=NS(=O)(=O)O)c(N=NS(=O)(=O)O)cc1C. The Hall–Kier alpha value is -3.99. The second kappa shape index (κ2) is 13.0. The topological polar surface area (TPSA) is 206 Å². The Bertz CT molecular complexity index is 1520. The van der Waals surface area contributed by atoms with E-state index in [0.29, 0.717) is 11.3 Å². The van der Waals surface area contributed by atoms with Crippen LogP contribution in [0.4, 0.5) is 17.1 Å². The molecule has 2 rings (SSSR count). The standard InChI is InChI=1S/C22H25N5O9S2/c1-14(2)22(28)23-18-13-21(19(12-16(18)4)25-27-38(32,33)34)36-10-6-5-9-35-20-11-15(3)7-8-17(20)24-26-37(29,30)31/h5-8,11-13H,1,9-10H2,2-4H3,(H,23,28)(H,29,30,31)(H,32,33,34). The minimum absolute atomic E-state index is 0.0182. The molecule has 14 nitrogen and oxygen atoms in total. The second-order valence-corrected chi connectivity index (χ2v) is 9.81. The first kappa shape index (κ1) is 30.2. The van der Waals surface area contributed by atoms with Crippen molar-refractivity contribution in [2.75, 3.05) is 18.5 Å². The maximum atomic E-state index is 12.0. The molecule has 0 atom stereocenters. The van der Waals surface area contributed by atoms with E-state index in [9.17, 15) is 21.6 Å². The lowest BCUT2D eigenvalue weighted by Crippen LogP contribution is -2.13. The Kier molecular flexibility index (Phi) is 10.3. The lowest BCUT2D eigenvalue weighted by atomic mass is 10.1. The number of hydrogen-bond acceptors (Lipinski definition) is 9. The van der Waals surface area contributed by atoms with Crippen LogP contribution in [0.15, 0.2) is 73.9 Å². The van der Waals surface area contributed by atoms with Crippen LogP contribution >= 0.6 is 0 Å². The van der Waals surface area contributed by atoms with Gasteiger partial charge in [-0.1, -0.05) is 12.6 Å². The number of benzene rings is 2.